The normalized spacial score (nSPS) is 20.1. The van der Waals surface area contributed by atoms with E-state index in [4.69, 9.17) is 5.11 Å². The van der Waals surface area contributed by atoms with Crippen LogP contribution in [0.2, 0.25) is 0 Å². The van der Waals surface area contributed by atoms with Crippen LogP contribution in [0.1, 0.15) is 29.4 Å². The average molecular weight is 225 g/mol. The zero-order valence-corrected chi connectivity index (χ0v) is 8.71. The summed E-state index contributed by atoms with van der Waals surface area (Å²) in [7, 11) is 0. The predicted octanol–water partition coefficient (Wildman–Crippen LogP) is 0.0672. The molecule has 0 radical (unpaired) electrons. The fourth-order valence-electron chi connectivity index (χ4n) is 1.78. The summed E-state index contributed by atoms with van der Waals surface area (Å²) in [4.78, 5) is 27.8. The second-order valence-electron chi connectivity index (χ2n) is 3.63. The molecule has 0 spiro atoms. The maximum Gasteiger partial charge on any atom is 0.326 e. The summed E-state index contributed by atoms with van der Waals surface area (Å²) >= 11 is 0. The molecular formula is C9H11N3O4. The van der Waals surface area contributed by atoms with Crippen molar-refractivity contribution >= 4 is 11.9 Å². The molecule has 0 aliphatic carbocycles. The molecule has 16 heavy (non-hydrogen) atoms. The molecule has 7 nitrogen and oxygen atoms in total. The van der Waals surface area contributed by atoms with Gasteiger partial charge in [-0.05, 0) is 12.8 Å². The smallest absolute Gasteiger partial charge is 0.326 e. The van der Waals surface area contributed by atoms with Gasteiger partial charge in [-0.15, -0.1) is 0 Å². The van der Waals surface area contributed by atoms with E-state index in [0.29, 0.717) is 19.4 Å². The summed E-state index contributed by atoms with van der Waals surface area (Å²) in [6, 6.07) is -0.772. The number of aliphatic carboxylic acids is 1. The zero-order chi connectivity index (χ0) is 11.7. The summed E-state index contributed by atoms with van der Waals surface area (Å²) in [6.45, 7) is 1.99. The second kappa shape index (κ2) is 3.92. The zero-order valence-electron chi connectivity index (χ0n) is 8.71. The first-order valence-electron chi connectivity index (χ1n) is 4.93. The Hall–Kier alpha value is -1.92. The number of carbonyl (C=O) groups is 2. The SMILES string of the molecule is Cc1nc(C(=O)N2CCCC2C(=O)O)no1. The van der Waals surface area contributed by atoms with Gasteiger partial charge in [-0.25, -0.2) is 4.79 Å². The highest BCUT2D eigenvalue weighted by Gasteiger charge is 2.36. The minimum atomic E-state index is -0.994. The standard InChI is InChI=1S/C9H11N3O4/c1-5-10-7(11-16-5)8(13)12-4-2-3-6(12)9(14)15/h6H,2-4H2,1H3,(H,14,15). The van der Waals surface area contributed by atoms with E-state index in [2.05, 4.69) is 14.7 Å². The second-order valence-corrected chi connectivity index (χ2v) is 3.63. The first-order valence-corrected chi connectivity index (χ1v) is 4.93. The van der Waals surface area contributed by atoms with E-state index < -0.39 is 17.9 Å². The van der Waals surface area contributed by atoms with E-state index >= 15 is 0 Å². The van der Waals surface area contributed by atoms with Crippen LogP contribution < -0.4 is 0 Å². The van der Waals surface area contributed by atoms with Crippen molar-refractivity contribution in [3.63, 3.8) is 0 Å². The van der Waals surface area contributed by atoms with E-state index in [-0.39, 0.29) is 11.7 Å². The molecule has 2 heterocycles. The van der Waals surface area contributed by atoms with Crippen LogP contribution in [0.3, 0.4) is 0 Å². The Morgan fingerprint density at radius 1 is 1.56 bits per heavy atom. The van der Waals surface area contributed by atoms with Crippen LogP contribution in [0.25, 0.3) is 0 Å². The van der Waals surface area contributed by atoms with Crippen molar-refractivity contribution in [2.45, 2.75) is 25.8 Å². The Balaban J connectivity index is 2.18. The van der Waals surface area contributed by atoms with Crippen molar-refractivity contribution in [3.8, 4) is 0 Å². The quantitative estimate of drug-likeness (QED) is 0.764. The van der Waals surface area contributed by atoms with E-state index in [0.717, 1.165) is 0 Å². The summed E-state index contributed by atoms with van der Waals surface area (Å²) < 4.78 is 4.68. The lowest BCUT2D eigenvalue weighted by atomic mass is 10.2. The fourth-order valence-corrected chi connectivity index (χ4v) is 1.78. The molecule has 0 aromatic carbocycles. The molecule has 1 amide bonds. The molecule has 1 aromatic rings. The molecule has 1 atom stereocenters. The third-order valence-electron chi connectivity index (χ3n) is 2.52. The first kappa shape index (κ1) is 10.6. The summed E-state index contributed by atoms with van der Waals surface area (Å²) in [5.74, 6) is -1.27. The Morgan fingerprint density at radius 2 is 2.31 bits per heavy atom. The van der Waals surface area contributed by atoms with Gasteiger partial charge in [-0.2, -0.15) is 4.98 Å². The first-order chi connectivity index (χ1) is 7.59. The topological polar surface area (TPSA) is 96.5 Å². The van der Waals surface area contributed by atoms with Gasteiger partial charge in [0.1, 0.15) is 6.04 Å². The number of amides is 1. The molecule has 1 aliphatic heterocycles. The van der Waals surface area contributed by atoms with Crippen molar-refractivity contribution in [2.24, 2.45) is 0 Å². The number of aromatic nitrogens is 2. The number of carboxylic acid groups (broad SMARTS) is 1. The van der Waals surface area contributed by atoms with Gasteiger partial charge in [-0.3, -0.25) is 4.79 Å². The largest absolute Gasteiger partial charge is 0.480 e. The molecule has 1 N–H and O–H groups in total. The highest BCUT2D eigenvalue weighted by atomic mass is 16.5. The van der Waals surface area contributed by atoms with Crippen molar-refractivity contribution in [1.82, 2.24) is 15.0 Å². The Labute approximate surface area is 91.0 Å². The highest BCUT2D eigenvalue weighted by Crippen LogP contribution is 2.19. The lowest BCUT2D eigenvalue weighted by molar-refractivity contribution is -0.141. The lowest BCUT2D eigenvalue weighted by Gasteiger charge is -2.19. The summed E-state index contributed by atoms with van der Waals surface area (Å²) in [5, 5.41) is 12.4. The van der Waals surface area contributed by atoms with Crippen molar-refractivity contribution in [1.29, 1.82) is 0 Å². The van der Waals surface area contributed by atoms with Crippen molar-refractivity contribution in [2.75, 3.05) is 6.54 Å². The fraction of sp³-hybridized carbons (Fsp3) is 0.556. The molecule has 1 aromatic heterocycles. The van der Waals surface area contributed by atoms with Crippen LogP contribution in [-0.2, 0) is 4.79 Å². The average Bonchev–Trinajstić information content (AvgIpc) is 2.84. The summed E-state index contributed by atoms with van der Waals surface area (Å²) in [5.41, 5.74) is 0. The molecule has 7 heteroatoms. The predicted molar refractivity (Wildman–Crippen MR) is 50.7 cm³/mol. The van der Waals surface area contributed by atoms with Crippen molar-refractivity contribution in [3.05, 3.63) is 11.7 Å². The van der Waals surface area contributed by atoms with Crippen LogP contribution in [0.4, 0.5) is 0 Å². The molecular weight excluding hydrogens is 214 g/mol. The Kier molecular flexibility index (Phi) is 2.59. The molecule has 0 saturated carbocycles. The van der Waals surface area contributed by atoms with Gasteiger partial charge in [0.2, 0.25) is 5.89 Å². The van der Waals surface area contributed by atoms with Gasteiger partial charge in [-0.1, -0.05) is 5.16 Å². The number of carbonyl (C=O) groups excluding carboxylic acids is 1. The Morgan fingerprint density at radius 3 is 2.88 bits per heavy atom. The van der Waals surface area contributed by atoms with Crippen molar-refractivity contribution < 1.29 is 19.2 Å². The number of hydrogen-bond acceptors (Lipinski definition) is 5. The molecule has 0 bridgehead atoms. The summed E-state index contributed by atoms with van der Waals surface area (Å²) in [6.07, 6.45) is 1.15. The van der Waals surface area contributed by atoms with Crippen LogP contribution in [0.15, 0.2) is 4.52 Å². The van der Waals surface area contributed by atoms with Gasteiger partial charge < -0.3 is 14.5 Å². The van der Waals surface area contributed by atoms with Crippen LogP contribution in [-0.4, -0.2) is 44.6 Å². The van der Waals surface area contributed by atoms with Crippen LogP contribution in [0, 0.1) is 6.92 Å². The van der Waals surface area contributed by atoms with E-state index in [9.17, 15) is 9.59 Å². The minimum Gasteiger partial charge on any atom is -0.480 e. The van der Waals surface area contributed by atoms with Gasteiger partial charge in [0, 0.05) is 13.5 Å². The maximum absolute atomic E-state index is 11.9. The third kappa shape index (κ3) is 1.75. The number of aryl methyl sites for hydroxylation is 1. The van der Waals surface area contributed by atoms with Crippen LogP contribution in [0.5, 0.6) is 0 Å². The molecule has 1 saturated heterocycles. The Bertz CT molecular complexity index is 428. The van der Waals surface area contributed by atoms with Gasteiger partial charge in [0.25, 0.3) is 11.7 Å². The van der Waals surface area contributed by atoms with Crippen LogP contribution >= 0.6 is 0 Å². The third-order valence-corrected chi connectivity index (χ3v) is 2.52. The number of rotatable bonds is 2. The molecule has 1 unspecified atom stereocenters. The van der Waals surface area contributed by atoms with E-state index in [1.807, 2.05) is 0 Å². The van der Waals surface area contributed by atoms with E-state index in [1.165, 1.54) is 4.90 Å². The number of hydrogen-bond donors (Lipinski definition) is 1. The van der Waals surface area contributed by atoms with Gasteiger partial charge in [0.15, 0.2) is 0 Å². The van der Waals surface area contributed by atoms with Gasteiger partial charge >= 0.3 is 5.97 Å². The minimum absolute atomic E-state index is 0.0781. The lowest BCUT2D eigenvalue weighted by Crippen LogP contribution is -2.40. The van der Waals surface area contributed by atoms with E-state index in [1.54, 1.807) is 6.92 Å². The number of carboxylic acids is 1. The maximum atomic E-state index is 11.9. The monoisotopic (exact) mass is 225 g/mol. The molecule has 86 valence electrons. The number of likely N-dealkylation sites (tertiary alicyclic amines) is 1. The number of nitrogens with zero attached hydrogens (tertiary/aromatic N) is 3. The molecule has 2 rings (SSSR count). The van der Waals surface area contributed by atoms with Gasteiger partial charge in [0.05, 0.1) is 0 Å². The highest BCUT2D eigenvalue weighted by molar-refractivity contribution is 5.93. The molecule has 1 aliphatic rings. The molecule has 1 fully saturated rings.